The van der Waals surface area contributed by atoms with E-state index in [-0.39, 0.29) is 17.4 Å². The highest BCUT2D eigenvalue weighted by atomic mass is 32.2. The maximum absolute atomic E-state index is 13.0. The minimum atomic E-state index is -0.501. The molecule has 2 aromatic carbocycles. The van der Waals surface area contributed by atoms with Crippen LogP contribution in [-0.2, 0) is 4.79 Å². The zero-order valence-electron chi connectivity index (χ0n) is 15.8. The second-order valence-electron chi connectivity index (χ2n) is 6.48. The highest BCUT2D eigenvalue weighted by Crippen LogP contribution is 2.25. The molecule has 2 aromatic heterocycles. The van der Waals surface area contributed by atoms with Crippen molar-refractivity contribution in [2.75, 3.05) is 5.32 Å². The molecule has 8 nitrogen and oxygen atoms in total. The van der Waals surface area contributed by atoms with Crippen molar-refractivity contribution in [2.45, 2.75) is 24.3 Å². The molecule has 9 heteroatoms. The predicted molar refractivity (Wildman–Crippen MR) is 112 cm³/mol. The summed E-state index contributed by atoms with van der Waals surface area (Å²) in [5.74, 6) is 0.0623. The van der Waals surface area contributed by atoms with Gasteiger partial charge in [0.25, 0.3) is 5.56 Å². The summed E-state index contributed by atoms with van der Waals surface area (Å²) in [4.78, 5) is 34.4. The maximum Gasteiger partial charge on any atom is 0.269 e. The Labute approximate surface area is 170 Å². The van der Waals surface area contributed by atoms with Gasteiger partial charge in [-0.25, -0.2) is 14.6 Å². The molecule has 0 unspecified atom stereocenters. The summed E-state index contributed by atoms with van der Waals surface area (Å²) in [6.45, 7) is 3.75. The van der Waals surface area contributed by atoms with Gasteiger partial charge in [-0.15, -0.1) is 0 Å². The van der Waals surface area contributed by atoms with E-state index in [9.17, 15) is 9.59 Å². The van der Waals surface area contributed by atoms with Crippen molar-refractivity contribution in [1.29, 1.82) is 0 Å². The van der Waals surface area contributed by atoms with Gasteiger partial charge in [-0.1, -0.05) is 41.6 Å². The van der Waals surface area contributed by atoms with Crippen molar-refractivity contribution in [3.05, 3.63) is 70.8 Å². The molecular weight excluding hydrogens is 388 g/mol. The Morgan fingerprint density at radius 3 is 2.66 bits per heavy atom. The van der Waals surface area contributed by atoms with E-state index in [1.54, 1.807) is 25.1 Å². The lowest BCUT2D eigenvalue weighted by Crippen LogP contribution is -2.26. The normalized spacial score (nSPS) is 12.1. The van der Waals surface area contributed by atoms with Crippen molar-refractivity contribution in [1.82, 2.24) is 24.7 Å². The van der Waals surface area contributed by atoms with Crippen molar-refractivity contribution in [3.63, 3.8) is 0 Å². The van der Waals surface area contributed by atoms with E-state index in [4.69, 9.17) is 0 Å². The van der Waals surface area contributed by atoms with Gasteiger partial charge in [0.15, 0.2) is 5.16 Å². The number of thioether (sulfide) groups is 1. The standard InChI is InChI=1S/C20H18N6O2S/c1-12-7-9-14(10-8-12)23-17(27)13(2)29-20-24-16-6-4-3-5-15(16)18(28)26(20)19-21-11-22-25-19/h3-11,13H,1-2H3,(H,23,27)(H,21,22,25)/t13-/m1/s1. The van der Waals surface area contributed by atoms with Gasteiger partial charge >= 0.3 is 0 Å². The third kappa shape index (κ3) is 3.90. The van der Waals surface area contributed by atoms with E-state index in [0.717, 1.165) is 5.56 Å². The molecule has 0 bridgehead atoms. The van der Waals surface area contributed by atoms with E-state index in [2.05, 4.69) is 25.5 Å². The van der Waals surface area contributed by atoms with Crippen LogP contribution < -0.4 is 10.9 Å². The number of aromatic nitrogens is 5. The number of amides is 1. The van der Waals surface area contributed by atoms with Crippen molar-refractivity contribution >= 4 is 34.3 Å². The lowest BCUT2D eigenvalue weighted by Gasteiger charge is -2.15. The van der Waals surface area contributed by atoms with Crippen LogP contribution >= 0.6 is 11.8 Å². The van der Waals surface area contributed by atoms with Gasteiger partial charge in [0.1, 0.15) is 6.33 Å². The Morgan fingerprint density at radius 1 is 1.17 bits per heavy atom. The summed E-state index contributed by atoms with van der Waals surface area (Å²) in [7, 11) is 0. The minimum absolute atomic E-state index is 0.189. The molecule has 4 aromatic rings. The summed E-state index contributed by atoms with van der Waals surface area (Å²) < 4.78 is 1.34. The first-order valence-electron chi connectivity index (χ1n) is 8.94. The lowest BCUT2D eigenvalue weighted by atomic mass is 10.2. The molecule has 0 radical (unpaired) electrons. The monoisotopic (exact) mass is 406 g/mol. The van der Waals surface area contributed by atoms with Crippen LogP contribution in [-0.4, -0.2) is 35.9 Å². The quantitative estimate of drug-likeness (QED) is 0.390. The van der Waals surface area contributed by atoms with E-state index in [1.807, 2.05) is 37.3 Å². The summed E-state index contributed by atoms with van der Waals surface area (Å²) in [5, 5.41) is 9.73. The zero-order chi connectivity index (χ0) is 20.4. The molecule has 4 rings (SSSR count). The molecule has 2 heterocycles. The average molecular weight is 406 g/mol. The Bertz CT molecular complexity index is 1220. The molecule has 0 spiro atoms. The number of hydrogen-bond acceptors (Lipinski definition) is 6. The molecule has 0 saturated carbocycles. The van der Waals surface area contributed by atoms with Crippen molar-refractivity contribution in [2.24, 2.45) is 0 Å². The fourth-order valence-corrected chi connectivity index (χ4v) is 3.69. The first-order chi connectivity index (χ1) is 14.0. The number of anilines is 1. The average Bonchev–Trinajstić information content (AvgIpc) is 3.24. The van der Waals surface area contributed by atoms with E-state index in [0.29, 0.717) is 21.7 Å². The molecule has 0 aliphatic heterocycles. The number of nitrogens with one attached hydrogen (secondary N) is 2. The number of fused-ring (bicyclic) bond motifs is 1. The van der Waals surface area contributed by atoms with Crippen molar-refractivity contribution in [3.8, 4) is 5.95 Å². The number of H-pyrrole nitrogens is 1. The number of hydrogen-bond donors (Lipinski definition) is 2. The molecule has 1 amide bonds. The van der Waals surface area contributed by atoms with Crippen LogP contribution in [0.15, 0.2) is 64.8 Å². The number of aromatic amines is 1. The predicted octanol–water partition coefficient (Wildman–Crippen LogP) is 2.93. The van der Waals surface area contributed by atoms with Crippen molar-refractivity contribution < 1.29 is 4.79 Å². The number of para-hydroxylation sites is 1. The van der Waals surface area contributed by atoms with Crippen LogP contribution in [0.25, 0.3) is 16.9 Å². The first kappa shape index (κ1) is 18.9. The van der Waals surface area contributed by atoms with Gasteiger partial charge in [-0.2, -0.15) is 10.1 Å². The van der Waals surface area contributed by atoms with Crippen LogP contribution in [0.5, 0.6) is 0 Å². The number of nitrogens with zero attached hydrogens (tertiary/aromatic N) is 4. The highest BCUT2D eigenvalue weighted by Gasteiger charge is 2.21. The van der Waals surface area contributed by atoms with Gasteiger partial charge in [0, 0.05) is 5.69 Å². The Balaban J connectivity index is 1.67. The third-order valence-corrected chi connectivity index (χ3v) is 5.38. The Morgan fingerprint density at radius 2 is 1.93 bits per heavy atom. The Hall–Kier alpha value is -3.46. The molecule has 0 aliphatic rings. The van der Waals surface area contributed by atoms with Crippen LogP contribution in [0.3, 0.4) is 0 Å². The van der Waals surface area contributed by atoms with E-state index >= 15 is 0 Å². The summed E-state index contributed by atoms with van der Waals surface area (Å²) in [6, 6.07) is 14.6. The molecular formula is C20H18N6O2S. The fraction of sp³-hybridized carbons (Fsp3) is 0.150. The van der Waals surface area contributed by atoms with Gasteiger partial charge in [-0.05, 0) is 38.1 Å². The minimum Gasteiger partial charge on any atom is -0.325 e. The summed E-state index contributed by atoms with van der Waals surface area (Å²) in [6.07, 6.45) is 1.32. The smallest absolute Gasteiger partial charge is 0.269 e. The zero-order valence-corrected chi connectivity index (χ0v) is 16.6. The molecule has 0 aliphatic carbocycles. The third-order valence-electron chi connectivity index (χ3n) is 4.33. The van der Waals surface area contributed by atoms with Crippen LogP contribution in [0.1, 0.15) is 12.5 Å². The molecule has 0 fully saturated rings. The Kier molecular flexibility index (Phi) is 5.13. The van der Waals surface area contributed by atoms with E-state index in [1.165, 1.54) is 22.7 Å². The van der Waals surface area contributed by atoms with Crippen LogP contribution in [0.2, 0.25) is 0 Å². The lowest BCUT2D eigenvalue weighted by molar-refractivity contribution is -0.115. The van der Waals surface area contributed by atoms with E-state index < -0.39 is 5.25 Å². The molecule has 29 heavy (non-hydrogen) atoms. The summed E-state index contributed by atoms with van der Waals surface area (Å²) >= 11 is 1.18. The molecule has 2 N–H and O–H groups in total. The molecule has 0 saturated heterocycles. The molecule has 146 valence electrons. The second kappa shape index (κ2) is 7.88. The maximum atomic E-state index is 13.0. The first-order valence-corrected chi connectivity index (χ1v) is 9.82. The van der Waals surface area contributed by atoms with Gasteiger partial charge in [0.05, 0.1) is 16.2 Å². The summed E-state index contributed by atoms with van der Waals surface area (Å²) in [5.41, 5.74) is 2.11. The number of aryl methyl sites for hydroxylation is 1. The number of benzene rings is 2. The molecule has 1 atom stereocenters. The largest absolute Gasteiger partial charge is 0.325 e. The second-order valence-corrected chi connectivity index (χ2v) is 7.78. The van der Waals surface area contributed by atoms with Crippen LogP contribution in [0.4, 0.5) is 5.69 Å². The number of carbonyl (C=O) groups excluding carboxylic acids is 1. The van der Waals surface area contributed by atoms with Gasteiger partial charge < -0.3 is 5.32 Å². The van der Waals surface area contributed by atoms with Gasteiger partial charge in [0.2, 0.25) is 11.9 Å². The number of rotatable bonds is 5. The highest BCUT2D eigenvalue weighted by molar-refractivity contribution is 8.00. The van der Waals surface area contributed by atoms with Gasteiger partial charge in [-0.3, -0.25) is 9.59 Å². The van der Waals surface area contributed by atoms with Crippen LogP contribution in [0, 0.1) is 6.92 Å². The number of carbonyl (C=O) groups is 1. The topological polar surface area (TPSA) is 106 Å². The fourth-order valence-electron chi connectivity index (χ4n) is 2.78. The SMILES string of the molecule is Cc1ccc(NC(=O)[C@@H](C)Sc2nc3ccccc3c(=O)n2-c2ncn[nH]2)cc1.